The Balaban J connectivity index is 2.57. The summed E-state index contributed by atoms with van der Waals surface area (Å²) < 4.78 is 2.12. The minimum Gasteiger partial charge on any atom is -0.284 e. The Hall–Kier alpha value is -1.38. The van der Waals surface area contributed by atoms with E-state index in [0.717, 1.165) is 17.9 Å². The molecule has 0 N–H and O–H groups in total. The maximum atomic E-state index is 4.10. The van der Waals surface area contributed by atoms with Crippen LogP contribution >= 0.6 is 0 Å². The second-order valence-corrected chi connectivity index (χ2v) is 4.06. The standard InChI is InChI=1S/C11H15N3/c1-8(2)7-10-5-4-6-11-13-12-9(3)14(10)11/h4-6,8H,7H2,1-3H3. The number of nitrogens with zero attached hydrogens (tertiary/aromatic N) is 3. The fourth-order valence-electron chi connectivity index (χ4n) is 1.74. The molecule has 0 unspecified atom stereocenters. The quantitative estimate of drug-likeness (QED) is 0.725. The number of hydrogen-bond acceptors (Lipinski definition) is 2. The first-order valence-electron chi connectivity index (χ1n) is 4.98. The maximum absolute atomic E-state index is 4.10. The smallest absolute Gasteiger partial charge is 0.160 e. The van der Waals surface area contributed by atoms with Gasteiger partial charge in [-0.05, 0) is 31.4 Å². The monoisotopic (exact) mass is 189 g/mol. The third-order valence-electron chi connectivity index (χ3n) is 2.29. The van der Waals surface area contributed by atoms with Crippen LogP contribution < -0.4 is 0 Å². The first kappa shape index (κ1) is 9.19. The van der Waals surface area contributed by atoms with E-state index in [1.54, 1.807) is 0 Å². The van der Waals surface area contributed by atoms with Crippen molar-refractivity contribution >= 4 is 5.65 Å². The number of aromatic nitrogens is 3. The maximum Gasteiger partial charge on any atom is 0.160 e. The van der Waals surface area contributed by atoms with Crippen LogP contribution in [0.4, 0.5) is 0 Å². The molecule has 0 spiro atoms. The van der Waals surface area contributed by atoms with Gasteiger partial charge in [-0.3, -0.25) is 4.40 Å². The summed E-state index contributed by atoms with van der Waals surface area (Å²) in [4.78, 5) is 0. The molecule has 0 aromatic carbocycles. The summed E-state index contributed by atoms with van der Waals surface area (Å²) in [5.74, 6) is 1.62. The molecule has 74 valence electrons. The Morgan fingerprint density at radius 1 is 1.29 bits per heavy atom. The molecule has 0 aliphatic rings. The van der Waals surface area contributed by atoms with E-state index in [4.69, 9.17) is 0 Å². The van der Waals surface area contributed by atoms with Gasteiger partial charge < -0.3 is 0 Å². The van der Waals surface area contributed by atoms with Crippen LogP contribution in [-0.4, -0.2) is 14.6 Å². The molecule has 2 heterocycles. The van der Waals surface area contributed by atoms with Crippen molar-refractivity contribution in [3.63, 3.8) is 0 Å². The molecule has 0 saturated carbocycles. The summed E-state index contributed by atoms with van der Waals surface area (Å²) in [6.45, 7) is 6.43. The van der Waals surface area contributed by atoms with Gasteiger partial charge in [-0.1, -0.05) is 19.9 Å². The molecule has 0 radical (unpaired) electrons. The molecule has 0 fully saturated rings. The Morgan fingerprint density at radius 3 is 2.79 bits per heavy atom. The predicted octanol–water partition coefficient (Wildman–Crippen LogP) is 2.24. The van der Waals surface area contributed by atoms with Gasteiger partial charge in [0.05, 0.1) is 0 Å². The number of hydrogen-bond donors (Lipinski definition) is 0. The predicted molar refractivity (Wildman–Crippen MR) is 56.3 cm³/mol. The Kier molecular flexibility index (Phi) is 2.23. The van der Waals surface area contributed by atoms with E-state index in [1.807, 2.05) is 19.1 Å². The zero-order valence-electron chi connectivity index (χ0n) is 8.86. The number of pyridine rings is 1. The van der Waals surface area contributed by atoms with Gasteiger partial charge >= 0.3 is 0 Å². The molecule has 0 amide bonds. The van der Waals surface area contributed by atoms with Gasteiger partial charge in [0, 0.05) is 5.69 Å². The van der Waals surface area contributed by atoms with Gasteiger partial charge in [0.2, 0.25) is 0 Å². The SMILES string of the molecule is Cc1nnc2cccc(CC(C)C)n12. The highest BCUT2D eigenvalue weighted by Gasteiger charge is 2.06. The lowest BCUT2D eigenvalue weighted by molar-refractivity contribution is 0.628. The van der Waals surface area contributed by atoms with Crippen LogP contribution in [0.5, 0.6) is 0 Å². The van der Waals surface area contributed by atoms with Crippen LogP contribution in [0.15, 0.2) is 18.2 Å². The van der Waals surface area contributed by atoms with Crippen molar-refractivity contribution in [1.82, 2.24) is 14.6 Å². The Bertz CT molecular complexity index is 443. The molecule has 2 rings (SSSR count). The van der Waals surface area contributed by atoms with Crippen molar-refractivity contribution < 1.29 is 0 Å². The number of fused-ring (bicyclic) bond motifs is 1. The van der Waals surface area contributed by atoms with Crippen LogP contribution in [0, 0.1) is 12.8 Å². The van der Waals surface area contributed by atoms with Crippen molar-refractivity contribution in [1.29, 1.82) is 0 Å². The highest BCUT2D eigenvalue weighted by atomic mass is 15.2. The van der Waals surface area contributed by atoms with Crippen molar-refractivity contribution in [2.45, 2.75) is 27.2 Å². The lowest BCUT2D eigenvalue weighted by Crippen LogP contribution is -2.02. The second kappa shape index (κ2) is 3.40. The van der Waals surface area contributed by atoms with Gasteiger partial charge in [0.15, 0.2) is 5.65 Å². The topological polar surface area (TPSA) is 30.2 Å². The van der Waals surface area contributed by atoms with Gasteiger partial charge in [-0.25, -0.2) is 0 Å². The summed E-state index contributed by atoms with van der Waals surface area (Å²) >= 11 is 0. The van der Waals surface area contributed by atoms with E-state index >= 15 is 0 Å². The lowest BCUT2D eigenvalue weighted by Gasteiger charge is -2.08. The zero-order valence-corrected chi connectivity index (χ0v) is 8.86. The molecule has 14 heavy (non-hydrogen) atoms. The van der Waals surface area contributed by atoms with E-state index in [9.17, 15) is 0 Å². The largest absolute Gasteiger partial charge is 0.284 e. The highest BCUT2D eigenvalue weighted by Crippen LogP contribution is 2.12. The zero-order chi connectivity index (χ0) is 10.1. The average molecular weight is 189 g/mol. The van der Waals surface area contributed by atoms with Gasteiger partial charge in [0.25, 0.3) is 0 Å². The first-order chi connectivity index (χ1) is 6.68. The van der Waals surface area contributed by atoms with Crippen molar-refractivity contribution in [2.24, 2.45) is 5.92 Å². The van der Waals surface area contributed by atoms with Crippen molar-refractivity contribution in [3.05, 3.63) is 29.7 Å². The summed E-state index contributed by atoms with van der Waals surface area (Å²) in [6, 6.07) is 6.17. The van der Waals surface area contributed by atoms with Gasteiger partial charge in [0.1, 0.15) is 5.82 Å². The van der Waals surface area contributed by atoms with Crippen LogP contribution in [0.2, 0.25) is 0 Å². The molecule has 0 saturated heterocycles. The third kappa shape index (κ3) is 1.50. The van der Waals surface area contributed by atoms with Crippen LogP contribution in [-0.2, 0) is 6.42 Å². The molecule has 0 aliphatic heterocycles. The van der Waals surface area contributed by atoms with E-state index < -0.39 is 0 Å². The molecule has 0 bridgehead atoms. The molecule has 3 nitrogen and oxygen atoms in total. The lowest BCUT2D eigenvalue weighted by atomic mass is 10.1. The van der Waals surface area contributed by atoms with Gasteiger partial charge in [-0.2, -0.15) is 0 Å². The minimum atomic E-state index is 0.655. The van der Waals surface area contributed by atoms with E-state index in [2.05, 4.69) is 34.5 Å². The fraction of sp³-hybridized carbons (Fsp3) is 0.455. The van der Waals surface area contributed by atoms with Crippen LogP contribution in [0.25, 0.3) is 5.65 Å². The average Bonchev–Trinajstić information content (AvgIpc) is 2.48. The van der Waals surface area contributed by atoms with Crippen molar-refractivity contribution in [2.75, 3.05) is 0 Å². The molecule has 2 aromatic rings. The molecule has 3 heteroatoms. The summed E-state index contributed by atoms with van der Waals surface area (Å²) in [7, 11) is 0. The molecule has 0 aliphatic carbocycles. The van der Waals surface area contributed by atoms with E-state index in [0.29, 0.717) is 5.92 Å². The number of aryl methyl sites for hydroxylation is 1. The fourth-order valence-corrected chi connectivity index (χ4v) is 1.74. The molecular formula is C11H15N3. The Labute approximate surface area is 83.8 Å². The summed E-state index contributed by atoms with van der Waals surface area (Å²) in [5.41, 5.74) is 2.24. The third-order valence-corrected chi connectivity index (χ3v) is 2.29. The first-order valence-corrected chi connectivity index (χ1v) is 4.98. The summed E-state index contributed by atoms with van der Waals surface area (Å²) in [6.07, 6.45) is 1.07. The van der Waals surface area contributed by atoms with Crippen LogP contribution in [0.1, 0.15) is 25.4 Å². The highest BCUT2D eigenvalue weighted by molar-refractivity contribution is 5.39. The Morgan fingerprint density at radius 2 is 2.07 bits per heavy atom. The van der Waals surface area contributed by atoms with Crippen molar-refractivity contribution in [3.8, 4) is 0 Å². The molecular weight excluding hydrogens is 174 g/mol. The van der Waals surface area contributed by atoms with E-state index in [-0.39, 0.29) is 0 Å². The van der Waals surface area contributed by atoms with Crippen LogP contribution in [0.3, 0.4) is 0 Å². The normalized spacial score (nSPS) is 11.4. The van der Waals surface area contributed by atoms with E-state index in [1.165, 1.54) is 5.69 Å². The number of rotatable bonds is 2. The summed E-state index contributed by atoms with van der Waals surface area (Å²) in [5, 5.41) is 8.18. The molecule has 0 atom stereocenters. The molecule has 2 aromatic heterocycles. The van der Waals surface area contributed by atoms with Gasteiger partial charge in [-0.15, -0.1) is 10.2 Å². The second-order valence-electron chi connectivity index (χ2n) is 4.06. The minimum absolute atomic E-state index is 0.655.